The van der Waals surface area contributed by atoms with E-state index in [2.05, 4.69) is 0 Å². The summed E-state index contributed by atoms with van der Waals surface area (Å²) in [6.07, 6.45) is 2.57. The fourth-order valence-corrected chi connectivity index (χ4v) is 1.98. The maximum Gasteiger partial charge on any atom is 0.334 e. The number of hydrogen-bond donors (Lipinski definition) is 0. The van der Waals surface area contributed by atoms with Crippen molar-refractivity contribution in [1.29, 1.82) is 0 Å². The Kier molecular flexibility index (Phi) is 4.14. The molecule has 102 valence electrons. The van der Waals surface area contributed by atoms with E-state index in [9.17, 15) is 13.6 Å². The molecule has 5 heteroatoms. The lowest BCUT2D eigenvalue weighted by atomic mass is 10.0. The smallest absolute Gasteiger partial charge is 0.334 e. The van der Waals surface area contributed by atoms with Crippen LogP contribution in [0.25, 0.3) is 0 Å². The molecule has 0 fully saturated rings. The Balaban J connectivity index is 1.94. The van der Waals surface area contributed by atoms with Crippen LogP contribution in [0.2, 0.25) is 0 Å². The van der Waals surface area contributed by atoms with Gasteiger partial charge in [-0.15, -0.1) is 0 Å². The summed E-state index contributed by atoms with van der Waals surface area (Å²) in [4.78, 5) is 11.3. The first-order valence-corrected chi connectivity index (χ1v) is 5.97. The molecule has 1 unspecified atom stereocenters. The fraction of sp³-hybridized carbons (Fsp3) is 0.357. The van der Waals surface area contributed by atoms with Gasteiger partial charge in [0.2, 0.25) is 0 Å². The largest absolute Gasteiger partial charge is 0.501 e. The van der Waals surface area contributed by atoms with Crippen LogP contribution < -0.4 is 0 Å². The SMILES string of the molecule is COC1=CC(=O)OC(CCc2ccc(F)c(F)c2)C1. The van der Waals surface area contributed by atoms with Gasteiger partial charge in [-0.2, -0.15) is 0 Å². The summed E-state index contributed by atoms with van der Waals surface area (Å²) in [6, 6.07) is 3.78. The van der Waals surface area contributed by atoms with Crippen LogP contribution in [-0.4, -0.2) is 19.2 Å². The summed E-state index contributed by atoms with van der Waals surface area (Å²) in [5, 5.41) is 0. The van der Waals surface area contributed by atoms with E-state index in [1.807, 2.05) is 0 Å². The molecule has 1 aliphatic heterocycles. The van der Waals surface area contributed by atoms with Crippen LogP contribution in [0, 0.1) is 11.6 Å². The average Bonchev–Trinajstić information content (AvgIpc) is 2.39. The Hall–Kier alpha value is -1.91. The minimum absolute atomic E-state index is 0.291. The number of rotatable bonds is 4. The minimum Gasteiger partial charge on any atom is -0.501 e. The van der Waals surface area contributed by atoms with E-state index >= 15 is 0 Å². The second kappa shape index (κ2) is 5.82. The summed E-state index contributed by atoms with van der Waals surface area (Å²) < 4.78 is 36.0. The molecule has 0 saturated heterocycles. The Morgan fingerprint density at radius 1 is 1.37 bits per heavy atom. The van der Waals surface area contributed by atoms with E-state index in [-0.39, 0.29) is 6.10 Å². The average molecular weight is 268 g/mol. The molecule has 19 heavy (non-hydrogen) atoms. The fourth-order valence-electron chi connectivity index (χ4n) is 1.98. The quantitative estimate of drug-likeness (QED) is 0.788. The Bertz CT molecular complexity index is 511. The maximum atomic E-state index is 13.0. The van der Waals surface area contributed by atoms with E-state index in [1.54, 1.807) is 0 Å². The lowest BCUT2D eigenvalue weighted by Crippen LogP contribution is -2.23. The van der Waals surface area contributed by atoms with E-state index in [0.29, 0.717) is 30.6 Å². The molecule has 0 bridgehead atoms. The predicted molar refractivity (Wildman–Crippen MR) is 64.3 cm³/mol. The lowest BCUT2D eigenvalue weighted by Gasteiger charge is -2.22. The highest BCUT2D eigenvalue weighted by Crippen LogP contribution is 2.20. The highest BCUT2D eigenvalue weighted by atomic mass is 19.2. The van der Waals surface area contributed by atoms with Crippen molar-refractivity contribution in [2.45, 2.75) is 25.4 Å². The van der Waals surface area contributed by atoms with Gasteiger partial charge >= 0.3 is 5.97 Å². The molecule has 1 atom stereocenters. The monoisotopic (exact) mass is 268 g/mol. The Labute approximate surface area is 109 Å². The molecule has 0 spiro atoms. The number of carbonyl (C=O) groups excluding carboxylic acids is 1. The summed E-state index contributed by atoms with van der Waals surface area (Å²) in [6.45, 7) is 0. The van der Waals surface area contributed by atoms with Gasteiger partial charge in [-0.1, -0.05) is 6.07 Å². The minimum atomic E-state index is -0.865. The van der Waals surface area contributed by atoms with Crippen molar-refractivity contribution in [3.05, 3.63) is 47.2 Å². The van der Waals surface area contributed by atoms with Gasteiger partial charge < -0.3 is 9.47 Å². The van der Waals surface area contributed by atoms with Gasteiger partial charge in [0.25, 0.3) is 0 Å². The topological polar surface area (TPSA) is 35.5 Å². The van der Waals surface area contributed by atoms with Gasteiger partial charge in [-0.25, -0.2) is 13.6 Å². The van der Waals surface area contributed by atoms with Gasteiger partial charge in [0, 0.05) is 6.42 Å². The zero-order valence-electron chi connectivity index (χ0n) is 10.5. The van der Waals surface area contributed by atoms with Gasteiger partial charge in [-0.05, 0) is 30.5 Å². The second-order valence-corrected chi connectivity index (χ2v) is 4.36. The van der Waals surface area contributed by atoms with E-state index in [0.717, 1.165) is 12.1 Å². The normalized spacial score (nSPS) is 18.8. The van der Waals surface area contributed by atoms with Crippen molar-refractivity contribution in [2.24, 2.45) is 0 Å². The molecule has 0 saturated carbocycles. The number of hydrogen-bond acceptors (Lipinski definition) is 3. The summed E-state index contributed by atoms with van der Waals surface area (Å²) in [7, 11) is 1.50. The van der Waals surface area contributed by atoms with Gasteiger partial charge in [-0.3, -0.25) is 0 Å². The van der Waals surface area contributed by atoms with Gasteiger partial charge in [0.15, 0.2) is 11.6 Å². The molecular weight excluding hydrogens is 254 g/mol. The van der Waals surface area contributed by atoms with Crippen LogP contribution in [0.3, 0.4) is 0 Å². The Morgan fingerprint density at radius 2 is 2.16 bits per heavy atom. The number of cyclic esters (lactones) is 1. The molecule has 0 N–H and O–H groups in total. The molecule has 3 nitrogen and oxygen atoms in total. The lowest BCUT2D eigenvalue weighted by molar-refractivity contribution is -0.145. The van der Waals surface area contributed by atoms with Crippen LogP contribution in [0.4, 0.5) is 8.78 Å². The zero-order chi connectivity index (χ0) is 13.8. The number of carbonyl (C=O) groups is 1. The van der Waals surface area contributed by atoms with Gasteiger partial charge in [0.1, 0.15) is 11.9 Å². The first-order chi connectivity index (χ1) is 9.08. The number of benzene rings is 1. The first-order valence-electron chi connectivity index (χ1n) is 5.97. The zero-order valence-corrected chi connectivity index (χ0v) is 10.5. The molecule has 0 aromatic heterocycles. The van der Waals surface area contributed by atoms with Gasteiger partial charge in [0.05, 0.1) is 13.2 Å². The molecule has 1 aromatic carbocycles. The van der Waals surface area contributed by atoms with Crippen molar-refractivity contribution in [3.8, 4) is 0 Å². The summed E-state index contributed by atoms with van der Waals surface area (Å²) in [5.41, 5.74) is 0.670. The van der Waals surface area contributed by atoms with Crippen LogP contribution >= 0.6 is 0 Å². The molecule has 1 heterocycles. The molecule has 0 aliphatic carbocycles. The van der Waals surface area contributed by atoms with Crippen molar-refractivity contribution < 1.29 is 23.0 Å². The number of ether oxygens (including phenoxy) is 2. The maximum absolute atomic E-state index is 13.0. The molecule has 2 rings (SSSR count). The highest BCUT2D eigenvalue weighted by molar-refractivity contribution is 5.83. The van der Waals surface area contributed by atoms with E-state index in [4.69, 9.17) is 9.47 Å². The standard InChI is InChI=1S/C14H14F2O3/c1-18-11-7-10(19-14(17)8-11)4-2-9-3-5-12(15)13(16)6-9/h3,5-6,8,10H,2,4,7H2,1H3. The summed E-state index contributed by atoms with van der Waals surface area (Å²) in [5.74, 6) is -1.59. The van der Waals surface area contributed by atoms with Crippen LogP contribution in [0.1, 0.15) is 18.4 Å². The molecule has 1 aliphatic rings. The van der Waals surface area contributed by atoms with Crippen LogP contribution in [-0.2, 0) is 20.7 Å². The molecule has 0 amide bonds. The first kappa shape index (κ1) is 13.5. The second-order valence-electron chi connectivity index (χ2n) is 4.36. The third-order valence-corrected chi connectivity index (χ3v) is 2.99. The van der Waals surface area contributed by atoms with Crippen molar-refractivity contribution >= 4 is 5.97 Å². The third-order valence-electron chi connectivity index (χ3n) is 2.99. The van der Waals surface area contributed by atoms with E-state index in [1.165, 1.54) is 19.3 Å². The number of methoxy groups -OCH3 is 1. The predicted octanol–water partition coefficient (Wildman–Crippen LogP) is 2.74. The van der Waals surface area contributed by atoms with Crippen molar-refractivity contribution in [1.82, 2.24) is 0 Å². The summed E-state index contributed by atoms with van der Waals surface area (Å²) >= 11 is 0. The molecule has 0 radical (unpaired) electrons. The van der Waals surface area contributed by atoms with Crippen molar-refractivity contribution in [2.75, 3.05) is 7.11 Å². The van der Waals surface area contributed by atoms with Crippen LogP contribution in [0.5, 0.6) is 0 Å². The molecule has 1 aromatic rings. The van der Waals surface area contributed by atoms with Crippen molar-refractivity contribution in [3.63, 3.8) is 0 Å². The Morgan fingerprint density at radius 3 is 2.84 bits per heavy atom. The number of esters is 1. The highest BCUT2D eigenvalue weighted by Gasteiger charge is 2.22. The number of halogens is 2. The number of aryl methyl sites for hydroxylation is 1. The van der Waals surface area contributed by atoms with Crippen LogP contribution in [0.15, 0.2) is 30.0 Å². The third kappa shape index (κ3) is 3.53. The molecular formula is C14H14F2O3. The van der Waals surface area contributed by atoms with E-state index < -0.39 is 17.6 Å².